The molecule has 1 aliphatic heterocycles. The van der Waals surface area contributed by atoms with E-state index in [1.165, 1.54) is 14.2 Å². The first kappa shape index (κ1) is 20.3. The number of benzene rings is 3. The molecule has 1 unspecified atom stereocenters. The fraction of sp³-hybridized carbons (Fsp3) is 0.130. The number of nitrogens with one attached hydrogen (secondary N) is 1. The standard InChI is InChI=1S/C23H17Cl2NO4/c1-29-22(27)19-17-13-7-4-3-6-12(13)10-11-16(17)26-21(20(19)23(28)30-2)18-14(24)8-5-9-15(18)25/h3-11,21,26H,1-2H3. The van der Waals surface area contributed by atoms with E-state index in [0.29, 0.717) is 26.9 Å². The summed E-state index contributed by atoms with van der Waals surface area (Å²) in [6, 6.07) is 15.6. The predicted molar refractivity (Wildman–Crippen MR) is 118 cm³/mol. The molecule has 0 spiro atoms. The second-order valence-electron chi connectivity index (χ2n) is 6.69. The molecule has 4 rings (SSSR count). The molecule has 7 heteroatoms. The molecule has 0 amide bonds. The number of anilines is 1. The Hall–Kier alpha value is -3.02. The topological polar surface area (TPSA) is 64.6 Å². The van der Waals surface area contributed by atoms with Crippen LogP contribution in [0.5, 0.6) is 0 Å². The molecule has 1 N–H and O–H groups in total. The summed E-state index contributed by atoms with van der Waals surface area (Å²) in [6.07, 6.45) is 0. The molecule has 0 bridgehead atoms. The molecule has 1 heterocycles. The van der Waals surface area contributed by atoms with Crippen molar-refractivity contribution in [2.75, 3.05) is 19.5 Å². The molecule has 1 aliphatic rings. The van der Waals surface area contributed by atoms with Crippen LogP contribution in [0.25, 0.3) is 16.3 Å². The quantitative estimate of drug-likeness (QED) is 0.550. The Balaban J connectivity index is 2.12. The van der Waals surface area contributed by atoms with Gasteiger partial charge in [0.25, 0.3) is 0 Å². The minimum absolute atomic E-state index is 0.0863. The number of hydrogen-bond acceptors (Lipinski definition) is 5. The number of ether oxygens (including phenoxy) is 2. The number of carbonyl (C=O) groups is 2. The number of hydrogen-bond donors (Lipinski definition) is 1. The van der Waals surface area contributed by atoms with Gasteiger partial charge in [0.05, 0.1) is 31.4 Å². The number of methoxy groups -OCH3 is 2. The van der Waals surface area contributed by atoms with Gasteiger partial charge in [-0.1, -0.05) is 59.6 Å². The maximum atomic E-state index is 13.0. The second-order valence-corrected chi connectivity index (χ2v) is 7.51. The van der Waals surface area contributed by atoms with Crippen LogP contribution in [0.2, 0.25) is 10.0 Å². The number of fused-ring (bicyclic) bond motifs is 3. The van der Waals surface area contributed by atoms with Crippen LogP contribution >= 0.6 is 23.2 Å². The van der Waals surface area contributed by atoms with Crippen LogP contribution in [0.4, 0.5) is 5.69 Å². The molecule has 0 radical (unpaired) electrons. The Bertz CT molecular complexity index is 1200. The van der Waals surface area contributed by atoms with E-state index in [9.17, 15) is 9.59 Å². The van der Waals surface area contributed by atoms with Crippen molar-refractivity contribution in [2.24, 2.45) is 0 Å². The SMILES string of the molecule is COC(=O)C1=C(C(=O)OC)C(c2c(Cl)cccc2Cl)Nc2ccc3ccccc3c21. The van der Waals surface area contributed by atoms with Gasteiger partial charge in [0.2, 0.25) is 0 Å². The number of carbonyl (C=O) groups excluding carboxylic acids is 2. The van der Waals surface area contributed by atoms with E-state index in [1.807, 2.05) is 36.4 Å². The molecule has 3 aromatic rings. The third-order valence-corrected chi connectivity index (χ3v) is 5.78. The van der Waals surface area contributed by atoms with Gasteiger partial charge in [-0.2, -0.15) is 0 Å². The summed E-state index contributed by atoms with van der Waals surface area (Å²) in [6.45, 7) is 0. The van der Waals surface area contributed by atoms with Crippen molar-refractivity contribution in [1.82, 2.24) is 0 Å². The lowest BCUT2D eigenvalue weighted by Gasteiger charge is -2.32. The van der Waals surface area contributed by atoms with Crippen LogP contribution in [0.15, 0.2) is 60.2 Å². The van der Waals surface area contributed by atoms with E-state index >= 15 is 0 Å². The zero-order valence-electron chi connectivity index (χ0n) is 16.2. The second kappa shape index (κ2) is 8.01. The summed E-state index contributed by atoms with van der Waals surface area (Å²) in [5, 5.41) is 5.75. The number of esters is 2. The van der Waals surface area contributed by atoms with Crippen molar-refractivity contribution in [1.29, 1.82) is 0 Å². The maximum absolute atomic E-state index is 13.0. The Kier molecular flexibility index (Phi) is 5.41. The van der Waals surface area contributed by atoms with Crippen molar-refractivity contribution in [2.45, 2.75) is 6.04 Å². The summed E-state index contributed by atoms with van der Waals surface area (Å²) in [4.78, 5) is 25.9. The fourth-order valence-corrected chi connectivity index (χ4v) is 4.43. The van der Waals surface area contributed by atoms with Crippen LogP contribution in [0.3, 0.4) is 0 Å². The minimum Gasteiger partial charge on any atom is -0.466 e. The number of rotatable bonds is 3. The molecular weight excluding hydrogens is 425 g/mol. The van der Waals surface area contributed by atoms with Crippen LogP contribution in [-0.4, -0.2) is 26.2 Å². The Labute approximate surface area is 183 Å². The first-order valence-electron chi connectivity index (χ1n) is 9.11. The molecule has 1 atom stereocenters. The molecule has 0 saturated carbocycles. The normalized spacial score (nSPS) is 15.4. The summed E-state index contributed by atoms with van der Waals surface area (Å²) < 4.78 is 10.1. The minimum atomic E-state index is -0.804. The summed E-state index contributed by atoms with van der Waals surface area (Å²) in [7, 11) is 2.53. The maximum Gasteiger partial charge on any atom is 0.339 e. The van der Waals surface area contributed by atoms with Gasteiger partial charge in [0.1, 0.15) is 0 Å². The van der Waals surface area contributed by atoms with Crippen LogP contribution in [0.1, 0.15) is 17.2 Å². The third kappa shape index (κ3) is 3.20. The summed E-state index contributed by atoms with van der Waals surface area (Å²) in [5.74, 6) is -1.33. The fourth-order valence-electron chi connectivity index (χ4n) is 3.81. The highest BCUT2D eigenvalue weighted by atomic mass is 35.5. The lowest BCUT2D eigenvalue weighted by atomic mass is 9.84. The molecule has 0 aromatic heterocycles. The molecular formula is C23H17Cl2NO4. The van der Waals surface area contributed by atoms with Crippen LogP contribution in [-0.2, 0) is 19.1 Å². The van der Waals surface area contributed by atoms with E-state index < -0.39 is 18.0 Å². The molecule has 0 saturated heterocycles. The van der Waals surface area contributed by atoms with Crippen molar-refractivity contribution < 1.29 is 19.1 Å². The molecule has 3 aromatic carbocycles. The van der Waals surface area contributed by atoms with E-state index in [1.54, 1.807) is 18.2 Å². The monoisotopic (exact) mass is 441 g/mol. The Morgan fingerprint density at radius 3 is 2.20 bits per heavy atom. The first-order valence-corrected chi connectivity index (χ1v) is 9.86. The van der Waals surface area contributed by atoms with Crippen LogP contribution in [0, 0.1) is 0 Å². The average molecular weight is 442 g/mol. The predicted octanol–water partition coefficient (Wildman–Crippen LogP) is 5.41. The highest BCUT2D eigenvalue weighted by Gasteiger charge is 2.39. The van der Waals surface area contributed by atoms with Gasteiger partial charge in [-0.3, -0.25) is 0 Å². The smallest absolute Gasteiger partial charge is 0.339 e. The van der Waals surface area contributed by atoms with Gasteiger partial charge >= 0.3 is 11.9 Å². The van der Waals surface area contributed by atoms with E-state index in [4.69, 9.17) is 32.7 Å². The van der Waals surface area contributed by atoms with Gasteiger partial charge in [0, 0.05) is 26.9 Å². The molecule has 5 nitrogen and oxygen atoms in total. The van der Waals surface area contributed by atoms with Gasteiger partial charge in [-0.05, 0) is 29.0 Å². The van der Waals surface area contributed by atoms with Crippen molar-refractivity contribution in [3.8, 4) is 0 Å². The third-order valence-electron chi connectivity index (χ3n) is 5.12. The zero-order chi connectivity index (χ0) is 21.4. The first-order chi connectivity index (χ1) is 14.5. The molecule has 152 valence electrons. The van der Waals surface area contributed by atoms with Gasteiger partial charge < -0.3 is 14.8 Å². The van der Waals surface area contributed by atoms with Gasteiger partial charge in [-0.25, -0.2) is 9.59 Å². The molecule has 30 heavy (non-hydrogen) atoms. The summed E-state index contributed by atoms with van der Waals surface area (Å²) in [5.41, 5.74) is 1.91. The Morgan fingerprint density at radius 1 is 0.867 bits per heavy atom. The highest BCUT2D eigenvalue weighted by molar-refractivity contribution is 6.37. The lowest BCUT2D eigenvalue weighted by molar-refractivity contribution is -0.138. The van der Waals surface area contributed by atoms with Gasteiger partial charge in [-0.15, -0.1) is 0 Å². The van der Waals surface area contributed by atoms with E-state index in [0.717, 1.165) is 10.8 Å². The van der Waals surface area contributed by atoms with E-state index in [2.05, 4.69) is 5.32 Å². The molecule has 0 aliphatic carbocycles. The molecule has 0 fully saturated rings. The lowest BCUT2D eigenvalue weighted by Crippen LogP contribution is -2.29. The van der Waals surface area contributed by atoms with Crippen molar-refractivity contribution in [3.63, 3.8) is 0 Å². The van der Waals surface area contributed by atoms with Crippen molar-refractivity contribution in [3.05, 3.63) is 81.3 Å². The van der Waals surface area contributed by atoms with E-state index in [-0.39, 0.29) is 11.1 Å². The van der Waals surface area contributed by atoms with Gasteiger partial charge in [0.15, 0.2) is 0 Å². The van der Waals surface area contributed by atoms with Crippen molar-refractivity contribution >= 4 is 57.2 Å². The zero-order valence-corrected chi connectivity index (χ0v) is 17.7. The average Bonchev–Trinajstić information content (AvgIpc) is 2.76. The highest BCUT2D eigenvalue weighted by Crippen LogP contribution is 2.47. The largest absolute Gasteiger partial charge is 0.466 e. The Morgan fingerprint density at radius 2 is 1.53 bits per heavy atom. The summed E-state index contributed by atoms with van der Waals surface area (Å²) >= 11 is 12.9. The number of halogens is 2. The van der Waals surface area contributed by atoms with Crippen LogP contribution < -0.4 is 5.32 Å².